The maximum atomic E-state index is 13.8. The van der Waals surface area contributed by atoms with Gasteiger partial charge in [0, 0.05) is 12.1 Å². The van der Waals surface area contributed by atoms with Crippen LogP contribution in [0, 0.1) is 5.82 Å². The Morgan fingerprint density at radius 3 is 2.15 bits per heavy atom. The minimum atomic E-state index is -4.53. The molecule has 1 N–H and O–H groups in total. The van der Waals surface area contributed by atoms with Crippen LogP contribution in [0.1, 0.15) is 11.1 Å². The van der Waals surface area contributed by atoms with Crippen molar-refractivity contribution in [2.24, 2.45) is 0 Å². The Morgan fingerprint density at radius 1 is 1.00 bits per heavy atom. The van der Waals surface area contributed by atoms with Crippen LogP contribution in [0.3, 0.4) is 0 Å². The van der Waals surface area contributed by atoms with Crippen molar-refractivity contribution < 1.29 is 17.6 Å². The molecule has 106 valence electrons. The van der Waals surface area contributed by atoms with Crippen molar-refractivity contribution in [1.29, 1.82) is 0 Å². The molecule has 0 aliphatic heterocycles. The molecule has 0 aliphatic carbocycles. The van der Waals surface area contributed by atoms with Crippen molar-refractivity contribution >= 4 is 0 Å². The lowest BCUT2D eigenvalue weighted by molar-refractivity contribution is -0.137. The molecule has 0 heterocycles. The van der Waals surface area contributed by atoms with E-state index < -0.39 is 17.6 Å². The molecule has 0 fully saturated rings. The third-order valence-electron chi connectivity index (χ3n) is 2.94. The Bertz CT molecular complexity index is 588. The quantitative estimate of drug-likeness (QED) is 0.831. The molecule has 0 spiro atoms. The largest absolute Gasteiger partial charge is 0.416 e. The van der Waals surface area contributed by atoms with E-state index in [1.54, 1.807) is 12.1 Å². The van der Waals surface area contributed by atoms with E-state index in [2.05, 4.69) is 5.32 Å². The van der Waals surface area contributed by atoms with Gasteiger partial charge in [0.25, 0.3) is 0 Å². The van der Waals surface area contributed by atoms with Gasteiger partial charge in [-0.2, -0.15) is 13.2 Å². The molecule has 0 saturated carbocycles. The van der Waals surface area contributed by atoms with Gasteiger partial charge in [0.2, 0.25) is 0 Å². The molecule has 20 heavy (non-hydrogen) atoms. The highest BCUT2D eigenvalue weighted by atomic mass is 19.4. The Balaban J connectivity index is 2.33. The summed E-state index contributed by atoms with van der Waals surface area (Å²) in [5, 5.41) is 2.98. The molecular formula is C15H13F4N. The summed E-state index contributed by atoms with van der Waals surface area (Å²) in [4.78, 5) is 0. The van der Waals surface area contributed by atoms with Crippen molar-refractivity contribution in [1.82, 2.24) is 5.32 Å². The normalized spacial score (nSPS) is 11.7. The van der Waals surface area contributed by atoms with Crippen molar-refractivity contribution in [2.45, 2.75) is 12.7 Å². The fourth-order valence-corrected chi connectivity index (χ4v) is 1.93. The highest BCUT2D eigenvalue weighted by molar-refractivity contribution is 5.64. The highest BCUT2D eigenvalue weighted by Gasteiger charge is 2.31. The number of halogens is 4. The van der Waals surface area contributed by atoms with Crippen LogP contribution in [0.4, 0.5) is 17.6 Å². The first kappa shape index (κ1) is 14.5. The molecule has 2 rings (SSSR count). The minimum absolute atomic E-state index is 0.161. The second-order valence-corrected chi connectivity index (χ2v) is 4.42. The van der Waals surface area contributed by atoms with Crippen molar-refractivity contribution in [2.75, 3.05) is 7.05 Å². The fraction of sp³-hybridized carbons (Fsp3) is 0.200. The van der Waals surface area contributed by atoms with Crippen LogP contribution in [-0.4, -0.2) is 7.05 Å². The second-order valence-electron chi connectivity index (χ2n) is 4.42. The monoisotopic (exact) mass is 283 g/mol. The lowest BCUT2D eigenvalue weighted by Gasteiger charge is -2.10. The maximum Gasteiger partial charge on any atom is 0.416 e. The molecule has 0 bridgehead atoms. The van der Waals surface area contributed by atoms with Crippen LogP contribution in [0.2, 0.25) is 0 Å². The summed E-state index contributed by atoms with van der Waals surface area (Å²) in [6, 6.07) is 9.57. The summed E-state index contributed by atoms with van der Waals surface area (Å²) in [7, 11) is 1.81. The van der Waals surface area contributed by atoms with Gasteiger partial charge in [-0.1, -0.05) is 30.3 Å². The number of hydrogen-bond donors (Lipinski definition) is 1. The lowest BCUT2D eigenvalue weighted by Crippen LogP contribution is -2.05. The van der Waals surface area contributed by atoms with E-state index in [1.807, 2.05) is 19.2 Å². The number of benzene rings is 2. The van der Waals surface area contributed by atoms with Gasteiger partial charge in [0.1, 0.15) is 5.82 Å². The molecule has 1 nitrogen and oxygen atoms in total. The van der Waals surface area contributed by atoms with E-state index in [0.29, 0.717) is 18.2 Å². The van der Waals surface area contributed by atoms with Crippen LogP contribution in [0.25, 0.3) is 11.1 Å². The number of hydrogen-bond acceptors (Lipinski definition) is 1. The lowest BCUT2D eigenvalue weighted by atomic mass is 10.0. The topological polar surface area (TPSA) is 12.0 Å². The van der Waals surface area contributed by atoms with Gasteiger partial charge >= 0.3 is 6.18 Å². The maximum absolute atomic E-state index is 13.8. The molecule has 2 aromatic rings. The predicted molar refractivity (Wildman–Crippen MR) is 69.6 cm³/mol. The molecule has 0 unspecified atom stereocenters. The first-order valence-corrected chi connectivity index (χ1v) is 6.02. The van der Waals surface area contributed by atoms with Crippen molar-refractivity contribution in [3.05, 3.63) is 59.4 Å². The molecule has 0 saturated heterocycles. The Labute approximate surface area is 114 Å². The fourth-order valence-electron chi connectivity index (χ4n) is 1.93. The summed E-state index contributed by atoms with van der Waals surface area (Å²) in [5.41, 5.74) is 0.749. The van der Waals surface area contributed by atoms with E-state index in [9.17, 15) is 17.6 Å². The van der Waals surface area contributed by atoms with E-state index in [-0.39, 0.29) is 5.56 Å². The zero-order valence-electron chi connectivity index (χ0n) is 10.8. The highest BCUT2D eigenvalue weighted by Crippen LogP contribution is 2.32. The second kappa shape index (κ2) is 5.63. The van der Waals surface area contributed by atoms with Gasteiger partial charge in [0.15, 0.2) is 0 Å². The van der Waals surface area contributed by atoms with Gasteiger partial charge < -0.3 is 5.32 Å². The molecule has 0 aliphatic rings. The number of alkyl halides is 3. The SMILES string of the molecule is CNCc1ccc(-c2ccc(C(F)(F)F)cc2F)cc1. The Kier molecular flexibility index (Phi) is 4.09. The van der Waals surface area contributed by atoms with Gasteiger partial charge in [-0.25, -0.2) is 4.39 Å². The average Bonchev–Trinajstić information content (AvgIpc) is 2.39. The van der Waals surface area contributed by atoms with E-state index in [4.69, 9.17) is 0 Å². The molecule has 5 heteroatoms. The first-order chi connectivity index (χ1) is 9.41. The van der Waals surface area contributed by atoms with E-state index >= 15 is 0 Å². The Hall–Kier alpha value is -1.88. The average molecular weight is 283 g/mol. The van der Waals surface area contributed by atoms with Gasteiger partial charge in [0.05, 0.1) is 5.56 Å². The molecular weight excluding hydrogens is 270 g/mol. The molecule has 0 radical (unpaired) electrons. The summed E-state index contributed by atoms with van der Waals surface area (Å²) in [5.74, 6) is -0.874. The standard InChI is InChI=1S/C15H13F4N/c1-20-9-10-2-4-11(5-3-10)13-7-6-12(8-14(13)16)15(17,18)19/h2-8,20H,9H2,1H3. The van der Waals surface area contributed by atoms with Crippen LogP contribution in [0.15, 0.2) is 42.5 Å². The molecule has 2 aromatic carbocycles. The van der Waals surface area contributed by atoms with E-state index in [0.717, 1.165) is 17.7 Å². The zero-order chi connectivity index (χ0) is 14.8. The van der Waals surface area contributed by atoms with Crippen LogP contribution < -0.4 is 5.32 Å². The summed E-state index contributed by atoms with van der Waals surface area (Å²) < 4.78 is 51.2. The third kappa shape index (κ3) is 3.17. The van der Waals surface area contributed by atoms with Crippen LogP contribution >= 0.6 is 0 Å². The number of nitrogens with one attached hydrogen (secondary N) is 1. The van der Waals surface area contributed by atoms with E-state index in [1.165, 1.54) is 0 Å². The summed E-state index contributed by atoms with van der Waals surface area (Å²) in [6.07, 6.45) is -4.53. The van der Waals surface area contributed by atoms with Crippen molar-refractivity contribution in [3.63, 3.8) is 0 Å². The molecule has 0 amide bonds. The van der Waals surface area contributed by atoms with Crippen LogP contribution in [0.5, 0.6) is 0 Å². The minimum Gasteiger partial charge on any atom is -0.316 e. The predicted octanol–water partition coefficient (Wildman–Crippen LogP) is 4.23. The third-order valence-corrected chi connectivity index (χ3v) is 2.94. The van der Waals surface area contributed by atoms with Crippen LogP contribution in [-0.2, 0) is 12.7 Å². The smallest absolute Gasteiger partial charge is 0.316 e. The van der Waals surface area contributed by atoms with Gasteiger partial charge in [-0.15, -0.1) is 0 Å². The summed E-state index contributed by atoms with van der Waals surface area (Å²) >= 11 is 0. The van der Waals surface area contributed by atoms with Gasteiger partial charge in [-0.3, -0.25) is 0 Å². The Morgan fingerprint density at radius 2 is 1.65 bits per heavy atom. The molecule has 0 atom stereocenters. The first-order valence-electron chi connectivity index (χ1n) is 6.02. The van der Waals surface area contributed by atoms with Gasteiger partial charge in [-0.05, 0) is 30.3 Å². The van der Waals surface area contributed by atoms with Crippen molar-refractivity contribution in [3.8, 4) is 11.1 Å². The summed E-state index contributed by atoms with van der Waals surface area (Å²) in [6.45, 7) is 0.676. The zero-order valence-corrected chi connectivity index (χ0v) is 10.8. The molecule has 0 aromatic heterocycles. The number of rotatable bonds is 3.